The monoisotopic (exact) mass is 303 g/mol. The van der Waals surface area contributed by atoms with Crippen LogP contribution >= 0.6 is 0 Å². The van der Waals surface area contributed by atoms with Gasteiger partial charge in [0, 0.05) is 13.0 Å². The van der Waals surface area contributed by atoms with Gasteiger partial charge in [0.05, 0.1) is 6.10 Å². The molecule has 1 rings (SSSR count). The van der Waals surface area contributed by atoms with Gasteiger partial charge in [-0.2, -0.15) is 13.2 Å². The number of aliphatic hydroxyl groups excluding tert-OH is 1. The number of aliphatic hydroxyl groups is 1. The van der Waals surface area contributed by atoms with Gasteiger partial charge in [0.15, 0.2) is 0 Å². The van der Waals surface area contributed by atoms with E-state index in [1.54, 1.807) is 0 Å². The summed E-state index contributed by atoms with van der Waals surface area (Å²) in [7, 11) is 0. The summed E-state index contributed by atoms with van der Waals surface area (Å²) in [5.41, 5.74) is 2.04. The summed E-state index contributed by atoms with van der Waals surface area (Å²) >= 11 is 0. The first-order valence-electron chi connectivity index (χ1n) is 7.35. The van der Waals surface area contributed by atoms with Gasteiger partial charge in [0.25, 0.3) is 0 Å². The van der Waals surface area contributed by atoms with Crippen molar-refractivity contribution in [3.8, 4) is 0 Å². The van der Waals surface area contributed by atoms with Crippen molar-refractivity contribution in [2.24, 2.45) is 0 Å². The zero-order valence-corrected chi connectivity index (χ0v) is 12.6. The van der Waals surface area contributed by atoms with Crippen molar-refractivity contribution in [1.29, 1.82) is 0 Å². The molecule has 0 aliphatic rings. The molecular formula is C16H24F3NO. The van der Waals surface area contributed by atoms with E-state index >= 15 is 0 Å². The lowest BCUT2D eigenvalue weighted by molar-refractivity contribution is -0.135. The van der Waals surface area contributed by atoms with Crippen molar-refractivity contribution >= 4 is 0 Å². The van der Waals surface area contributed by atoms with Crippen molar-refractivity contribution in [2.75, 3.05) is 13.1 Å². The molecule has 21 heavy (non-hydrogen) atoms. The summed E-state index contributed by atoms with van der Waals surface area (Å²) < 4.78 is 35.8. The second-order valence-electron chi connectivity index (χ2n) is 5.61. The number of nitrogens with one attached hydrogen (secondary N) is 1. The Morgan fingerprint density at radius 3 is 2.14 bits per heavy atom. The number of unbranched alkanes of at least 4 members (excludes halogenated alkanes) is 1. The molecule has 5 heteroatoms. The third kappa shape index (κ3) is 7.48. The van der Waals surface area contributed by atoms with Crippen LogP contribution in [0.25, 0.3) is 0 Å². The molecule has 2 N–H and O–H groups in total. The van der Waals surface area contributed by atoms with Gasteiger partial charge in [-0.25, -0.2) is 0 Å². The Labute approximate surface area is 124 Å². The Morgan fingerprint density at radius 1 is 1.05 bits per heavy atom. The Bertz CT molecular complexity index is 401. The van der Waals surface area contributed by atoms with Crippen LogP contribution in [0.1, 0.15) is 56.3 Å². The van der Waals surface area contributed by atoms with Gasteiger partial charge in [-0.1, -0.05) is 38.1 Å². The Balaban J connectivity index is 2.23. The van der Waals surface area contributed by atoms with Crippen LogP contribution < -0.4 is 5.32 Å². The number of hydrogen-bond acceptors (Lipinski definition) is 2. The zero-order chi connectivity index (χ0) is 15.9. The smallest absolute Gasteiger partial charge is 0.387 e. The topological polar surface area (TPSA) is 32.3 Å². The first-order chi connectivity index (χ1) is 9.79. The van der Waals surface area contributed by atoms with Crippen molar-refractivity contribution < 1.29 is 18.3 Å². The highest BCUT2D eigenvalue weighted by Gasteiger charge is 2.25. The molecule has 1 atom stereocenters. The molecule has 0 amide bonds. The highest BCUT2D eigenvalue weighted by Crippen LogP contribution is 2.22. The first-order valence-corrected chi connectivity index (χ1v) is 7.35. The third-order valence-corrected chi connectivity index (χ3v) is 3.39. The number of benzene rings is 1. The third-order valence-electron chi connectivity index (χ3n) is 3.39. The van der Waals surface area contributed by atoms with Gasteiger partial charge in [-0.05, 0) is 36.4 Å². The fourth-order valence-electron chi connectivity index (χ4n) is 2.04. The first kappa shape index (κ1) is 18.0. The molecule has 0 radical (unpaired) electrons. The summed E-state index contributed by atoms with van der Waals surface area (Å²) in [5.74, 6) is 0.447. The van der Waals surface area contributed by atoms with E-state index in [2.05, 4.69) is 19.2 Å². The van der Waals surface area contributed by atoms with Gasteiger partial charge in [-0.3, -0.25) is 0 Å². The maximum Gasteiger partial charge on any atom is 0.389 e. The lowest BCUT2D eigenvalue weighted by Gasteiger charge is -2.14. The molecule has 1 aromatic rings. The SMILES string of the molecule is CC(C)c1ccc(C(O)CNCCCCC(F)(F)F)cc1. The van der Waals surface area contributed by atoms with Crippen LogP contribution in [0.3, 0.4) is 0 Å². The molecular weight excluding hydrogens is 279 g/mol. The quantitative estimate of drug-likeness (QED) is 0.707. The molecule has 1 unspecified atom stereocenters. The van der Waals surface area contributed by atoms with Crippen molar-refractivity contribution in [3.05, 3.63) is 35.4 Å². The molecule has 1 aromatic carbocycles. The normalized spacial score (nSPS) is 13.7. The van der Waals surface area contributed by atoms with Gasteiger partial charge in [0.1, 0.15) is 0 Å². The summed E-state index contributed by atoms with van der Waals surface area (Å²) in [6.07, 6.45) is -4.87. The predicted octanol–water partition coefficient (Wildman–Crippen LogP) is 4.17. The van der Waals surface area contributed by atoms with Crippen LogP contribution in [0.5, 0.6) is 0 Å². The lowest BCUT2D eigenvalue weighted by atomic mass is 10.00. The molecule has 0 spiro atoms. The van der Waals surface area contributed by atoms with Gasteiger partial charge < -0.3 is 10.4 Å². The molecule has 120 valence electrons. The second kappa shape index (κ2) is 8.39. The Hall–Kier alpha value is -1.07. The summed E-state index contributed by atoms with van der Waals surface area (Å²) in [6.45, 7) is 5.05. The highest BCUT2D eigenvalue weighted by atomic mass is 19.4. The zero-order valence-electron chi connectivity index (χ0n) is 12.6. The number of halogens is 3. The average molecular weight is 303 g/mol. The van der Waals surface area contributed by atoms with E-state index in [4.69, 9.17) is 0 Å². The van der Waals surface area contributed by atoms with E-state index in [9.17, 15) is 18.3 Å². The molecule has 2 nitrogen and oxygen atoms in total. The van der Waals surface area contributed by atoms with Crippen molar-refractivity contribution in [1.82, 2.24) is 5.32 Å². The van der Waals surface area contributed by atoms with Crippen LogP contribution in [0.4, 0.5) is 13.2 Å². The molecule has 0 bridgehead atoms. The fourth-order valence-corrected chi connectivity index (χ4v) is 2.04. The van der Waals surface area contributed by atoms with Crippen LogP contribution in [-0.2, 0) is 0 Å². The second-order valence-corrected chi connectivity index (χ2v) is 5.61. The number of rotatable bonds is 8. The van der Waals surface area contributed by atoms with Crippen LogP contribution in [-0.4, -0.2) is 24.4 Å². The highest BCUT2D eigenvalue weighted by molar-refractivity contribution is 5.26. The lowest BCUT2D eigenvalue weighted by Crippen LogP contribution is -2.23. The minimum absolute atomic E-state index is 0.121. The summed E-state index contributed by atoms with van der Waals surface area (Å²) in [4.78, 5) is 0. The van der Waals surface area contributed by atoms with Crippen LogP contribution in [0, 0.1) is 0 Å². The van der Waals surface area contributed by atoms with E-state index in [0.717, 1.165) is 5.56 Å². The van der Waals surface area contributed by atoms with Gasteiger partial charge in [0.2, 0.25) is 0 Å². The minimum atomic E-state index is -4.07. The van der Waals surface area contributed by atoms with Crippen LogP contribution in [0.15, 0.2) is 24.3 Å². The largest absolute Gasteiger partial charge is 0.389 e. The molecule has 0 saturated carbocycles. The van der Waals surface area contributed by atoms with Crippen LogP contribution in [0.2, 0.25) is 0 Å². The van der Waals surface area contributed by atoms with E-state index in [0.29, 0.717) is 25.4 Å². The standard InChI is InChI=1S/C16H24F3NO/c1-12(2)13-5-7-14(8-6-13)15(21)11-20-10-4-3-9-16(17,18)19/h5-8,12,15,20-21H,3-4,9-11H2,1-2H3. The van der Waals surface area contributed by atoms with E-state index in [1.165, 1.54) is 5.56 Å². The Kier molecular flexibility index (Phi) is 7.18. The van der Waals surface area contributed by atoms with Crippen molar-refractivity contribution in [3.63, 3.8) is 0 Å². The minimum Gasteiger partial charge on any atom is -0.387 e. The Morgan fingerprint density at radius 2 is 1.62 bits per heavy atom. The molecule has 0 aromatic heterocycles. The molecule has 0 heterocycles. The summed E-state index contributed by atoms with van der Waals surface area (Å²) in [6, 6.07) is 7.77. The molecule has 0 aliphatic heterocycles. The average Bonchev–Trinajstić information content (AvgIpc) is 2.41. The fraction of sp³-hybridized carbons (Fsp3) is 0.625. The molecule has 0 aliphatic carbocycles. The van der Waals surface area contributed by atoms with Gasteiger partial charge >= 0.3 is 6.18 Å². The van der Waals surface area contributed by atoms with E-state index in [1.807, 2.05) is 24.3 Å². The van der Waals surface area contributed by atoms with Gasteiger partial charge in [-0.15, -0.1) is 0 Å². The predicted molar refractivity (Wildman–Crippen MR) is 78.3 cm³/mol. The molecule has 0 saturated heterocycles. The number of alkyl halides is 3. The maximum atomic E-state index is 11.9. The summed E-state index contributed by atoms with van der Waals surface area (Å²) in [5, 5.41) is 13.0. The van der Waals surface area contributed by atoms with E-state index in [-0.39, 0.29) is 6.42 Å². The van der Waals surface area contributed by atoms with Crippen molar-refractivity contribution in [2.45, 2.75) is 51.3 Å². The molecule has 0 fully saturated rings. The number of hydrogen-bond donors (Lipinski definition) is 2. The van der Waals surface area contributed by atoms with E-state index < -0.39 is 18.7 Å². The maximum absolute atomic E-state index is 11.9.